The van der Waals surface area contributed by atoms with Crippen LogP contribution >= 0.6 is 0 Å². The van der Waals surface area contributed by atoms with Crippen LogP contribution in [0.25, 0.3) is 0 Å². The van der Waals surface area contributed by atoms with Crippen LogP contribution in [0, 0.1) is 6.92 Å². The van der Waals surface area contributed by atoms with E-state index in [0.717, 1.165) is 11.1 Å². The lowest BCUT2D eigenvalue weighted by molar-refractivity contribution is -0.129. The van der Waals surface area contributed by atoms with Gasteiger partial charge in [0.15, 0.2) is 0 Å². The van der Waals surface area contributed by atoms with Gasteiger partial charge in [0.1, 0.15) is 0 Å². The largest absolute Gasteiger partial charge is 0.355 e. The number of nitrogens with zero attached hydrogens (tertiary/aromatic N) is 1. The molecule has 0 fully saturated rings. The SMILES string of the molecule is CNC(=O)c1ccc(CN(C)C(=O)CNS(=O)(=O)c2ccc(C)cc2)cc1. The predicted octanol–water partition coefficient (Wildman–Crippen LogP) is 1.29. The number of nitrogens with one attached hydrogen (secondary N) is 2. The Morgan fingerprint density at radius 3 is 2.15 bits per heavy atom. The molecule has 2 aromatic rings. The van der Waals surface area contributed by atoms with E-state index in [1.165, 1.54) is 17.0 Å². The summed E-state index contributed by atoms with van der Waals surface area (Å²) in [6.45, 7) is 1.84. The van der Waals surface area contributed by atoms with E-state index >= 15 is 0 Å². The van der Waals surface area contributed by atoms with E-state index in [4.69, 9.17) is 0 Å². The van der Waals surface area contributed by atoms with Crippen molar-refractivity contribution < 1.29 is 18.0 Å². The van der Waals surface area contributed by atoms with E-state index in [2.05, 4.69) is 10.0 Å². The van der Waals surface area contributed by atoms with E-state index in [-0.39, 0.29) is 23.3 Å². The third-order valence-electron chi connectivity index (χ3n) is 4.03. The van der Waals surface area contributed by atoms with E-state index in [1.54, 1.807) is 50.5 Å². The van der Waals surface area contributed by atoms with Gasteiger partial charge in [-0.2, -0.15) is 0 Å². The van der Waals surface area contributed by atoms with Crippen molar-refractivity contribution in [2.75, 3.05) is 20.6 Å². The number of hydrogen-bond acceptors (Lipinski definition) is 4. The molecular formula is C19H23N3O4S. The summed E-state index contributed by atoms with van der Waals surface area (Å²) in [5, 5.41) is 2.54. The maximum atomic E-state index is 12.2. The molecule has 0 aliphatic heterocycles. The van der Waals surface area contributed by atoms with Gasteiger partial charge in [-0.05, 0) is 36.8 Å². The maximum absolute atomic E-state index is 12.2. The molecule has 0 bridgehead atoms. The standard InChI is InChI=1S/C19H23N3O4S/c1-14-4-10-17(11-5-14)27(25,26)21-12-18(23)22(3)13-15-6-8-16(9-7-15)19(24)20-2/h4-11,21H,12-13H2,1-3H3,(H,20,24). The number of amides is 2. The fraction of sp³-hybridized carbons (Fsp3) is 0.263. The molecule has 27 heavy (non-hydrogen) atoms. The fourth-order valence-corrected chi connectivity index (χ4v) is 3.33. The number of likely N-dealkylation sites (N-methyl/N-ethyl adjacent to an activating group) is 1. The highest BCUT2D eigenvalue weighted by Crippen LogP contribution is 2.10. The van der Waals surface area contributed by atoms with Gasteiger partial charge in [-0.25, -0.2) is 13.1 Å². The number of hydrogen-bond donors (Lipinski definition) is 2. The third kappa shape index (κ3) is 5.63. The molecule has 144 valence electrons. The van der Waals surface area contributed by atoms with Crippen LogP contribution in [-0.2, 0) is 21.4 Å². The minimum atomic E-state index is -3.74. The molecule has 2 rings (SSSR count). The number of carbonyl (C=O) groups excluding carboxylic acids is 2. The van der Waals surface area contributed by atoms with Gasteiger partial charge < -0.3 is 10.2 Å². The molecule has 0 unspecified atom stereocenters. The molecule has 2 aromatic carbocycles. The Bertz CT molecular complexity index is 907. The number of benzene rings is 2. The van der Waals surface area contributed by atoms with Crippen LogP contribution in [-0.4, -0.2) is 45.8 Å². The Balaban J connectivity index is 1.93. The van der Waals surface area contributed by atoms with Crippen LogP contribution in [0.5, 0.6) is 0 Å². The molecule has 0 atom stereocenters. The van der Waals surface area contributed by atoms with Crippen molar-refractivity contribution >= 4 is 21.8 Å². The highest BCUT2D eigenvalue weighted by atomic mass is 32.2. The lowest BCUT2D eigenvalue weighted by atomic mass is 10.1. The zero-order chi connectivity index (χ0) is 20.0. The van der Waals surface area contributed by atoms with Gasteiger partial charge in [-0.1, -0.05) is 29.8 Å². The summed E-state index contributed by atoms with van der Waals surface area (Å²) in [6, 6.07) is 13.3. The molecule has 0 aliphatic rings. The summed E-state index contributed by atoms with van der Waals surface area (Å²) < 4.78 is 26.8. The van der Waals surface area contributed by atoms with Crippen molar-refractivity contribution in [3.05, 3.63) is 65.2 Å². The Labute approximate surface area is 159 Å². The highest BCUT2D eigenvalue weighted by Gasteiger charge is 2.17. The average Bonchev–Trinajstić information content (AvgIpc) is 2.66. The Morgan fingerprint density at radius 1 is 1.00 bits per heavy atom. The van der Waals surface area contributed by atoms with Crippen molar-refractivity contribution in [3.8, 4) is 0 Å². The molecule has 0 saturated heterocycles. The Morgan fingerprint density at radius 2 is 1.59 bits per heavy atom. The monoisotopic (exact) mass is 389 g/mol. The number of sulfonamides is 1. The smallest absolute Gasteiger partial charge is 0.251 e. The number of carbonyl (C=O) groups is 2. The minimum absolute atomic E-state index is 0.119. The van der Waals surface area contributed by atoms with Gasteiger partial charge in [-0.15, -0.1) is 0 Å². The Kier molecular flexibility index (Phi) is 6.70. The first-order chi connectivity index (χ1) is 12.7. The fourth-order valence-electron chi connectivity index (χ4n) is 2.36. The molecule has 0 radical (unpaired) electrons. The van der Waals surface area contributed by atoms with Crippen molar-refractivity contribution in [2.24, 2.45) is 0 Å². The lowest BCUT2D eigenvalue weighted by Gasteiger charge is -2.18. The molecule has 0 heterocycles. The van der Waals surface area contributed by atoms with Crippen molar-refractivity contribution in [1.82, 2.24) is 14.9 Å². The van der Waals surface area contributed by atoms with Gasteiger partial charge in [-0.3, -0.25) is 9.59 Å². The second-order valence-electron chi connectivity index (χ2n) is 6.16. The first kappa shape index (κ1) is 20.6. The van der Waals surface area contributed by atoms with Crippen molar-refractivity contribution in [3.63, 3.8) is 0 Å². The van der Waals surface area contributed by atoms with Crippen molar-refractivity contribution in [1.29, 1.82) is 0 Å². The topological polar surface area (TPSA) is 95.6 Å². The molecule has 0 aliphatic carbocycles. The lowest BCUT2D eigenvalue weighted by Crippen LogP contribution is -2.37. The average molecular weight is 389 g/mol. The molecule has 7 nitrogen and oxygen atoms in total. The summed E-state index contributed by atoms with van der Waals surface area (Å²) in [7, 11) is -0.590. The van der Waals surface area contributed by atoms with E-state index in [1.807, 2.05) is 6.92 Å². The quantitative estimate of drug-likeness (QED) is 0.746. The molecule has 0 spiro atoms. The molecule has 0 saturated carbocycles. The van der Waals surface area contributed by atoms with Crippen LogP contribution in [0.15, 0.2) is 53.4 Å². The van der Waals surface area contributed by atoms with Crippen LogP contribution in [0.4, 0.5) is 0 Å². The summed E-state index contributed by atoms with van der Waals surface area (Å²) in [6.07, 6.45) is 0. The van der Waals surface area contributed by atoms with Crippen LogP contribution in [0.3, 0.4) is 0 Å². The first-order valence-corrected chi connectivity index (χ1v) is 9.82. The summed E-state index contributed by atoms with van der Waals surface area (Å²) >= 11 is 0. The van der Waals surface area contributed by atoms with Gasteiger partial charge in [0.25, 0.3) is 5.91 Å². The van der Waals surface area contributed by atoms with E-state index in [9.17, 15) is 18.0 Å². The van der Waals surface area contributed by atoms with Crippen molar-refractivity contribution in [2.45, 2.75) is 18.4 Å². The second-order valence-corrected chi connectivity index (χ2v) is 7.93. The molecule has 2 N–H and O–H groups in total. The zero-order valence-corrected chi connectivity index (χ0v) is 16.3. The van der Waals surface area contributed by atoms with Gasteiger partial charge >= 0.3 is 0 Å². The Hall–Kier alpha value is -2.71. The van der Waals surface area contributed by atoms with Crippen LogP contribution in [0.2, 0.25) is 0 Å². The van der Waals surface area contributed by atoms with Gasteiger partial charge in [0.05, 0.1) is 11.4 Å². The third-order valence-corrected chi connectivity index (χ3v) is 5.45. The van der Waals surface area contributed by atoms with E-state index in [0.29, 0.717) is 12.1 Å². The van der Waals surface area contributed by atoms with E-state index < -0.39 is 10.0 Å². The van der Waals surface area contributed by atoms with Gasteiger partial charge in [0, 0.05) is 26.2 Å². The second kappa shape index (κ2) is 8.79. The van der Waals surface area contributed by atoms with Crippen LogP contribution < -0.4 is 10.0 Å². The zero-order valence-electron chi connectivity index (χ0n) is 15.5. The highest BCUT2D eigenvalue weighted by molar-refractivity contribution is 7.89. The molecule has 8 heteroatoms. The molecule has 2 amide bonds. The maximum Gasteiger partial charge on any atom is 0.251 e. The summed E-state index contributed by atoms with van der Waals surface area (Å²) in [5.74, 6) is -0.544. The number of rotatable bonds is 7. The summed E-state index contributed by atoms with van der Waals surface area (Å²) in [5.41, 5.74) is 2.31. The molecule has 0 aromatic heterocycles. The minimum Gasteiger partial charge on any atom is -0.355 e. The molecular weight excluding hydrogens is 366 g/mol. The van der Waals surface area contributed by atoms with Crippen LogP contribution in [0.1, 0.15) is 21.5 Å². The predicted molar refractivity (Wildman–Crippen MR) is 103 cm³/mol. The normalized spacial score (nSPS) is 11.1. The summed E-state index contributed by atoms with van der Waals surface area (Å²) in [4.78, 5) is 25.3. The van der Waals surface area contributed by atoms with Gasteiger partial charge in [0.2, 0.25) is 15.9 Å². The first-order valence-electron chi connectivity index (χ1n) is 8.34. The number of aryl methyl sites for hydroxylation is 1.